The minimum Gasteiger partial charge on any atom is -0.466 e. The number of carbonyl (C=O) groups is 3. The smallest absolute Gasteiger partial charge is 0.318 e. The molecule has 1 saturated heterocycles. The van der Waals surface area contributed by atoms with Gasteiger partial charge in [-0.2, -0.15) is 11.8 Å². The topological polar surface area (TPSA) is 94.2 Å². The minimum atomic E-state index is -0.825. The van der Waals surface area contributed by atoms with Crippen molar-refractivity contribution in [1.82, 2.24) is 10.2 Å². The first-order chi connectivity index (χ1) is 26.0. The lowest BCUT2D eigenvalue weighted by molar-refractivity contribution is -0.154. The summed E-state index contributed by atoms with van der Waals surface area (Å²) in [5.74, 6) is -0.0285. The maximum atomic E-state index is 13.5. The molecule has 53 heavy (non-hydrogen) atoms. The molecule has 0 aromatic carbocycles. The fraction of sp³-hybridized carbons (Fsp3) is 0.932. The van der Waals surface area contributed by atoms with Crippen LogP contribution in [0.25, 0.3) is 0 Å². The average Bonchev–Trinajstić information content (AvgIpc) is 3.17. The summed E-state index contributed by atoms with van der Waals surface area (Å²) in [5, 5.41) is 3.03. The number of rotatable bonds is 38. The van der Waals surface area contributed by atoms with Gasteiger partial charge in [-0.3, -0.25) is 19.3 Å². The van der Waals surface area contributed by atoms with Crippen LogP contribution in [-0.2, 0) is 28.6 Å². The summed E-state index contributed by atoms with van der Waals surface area (Å²) in [7, 11) is 0. The van der Waals surface area contributed by atoms with E-state index in [1.54, 1.807) is 11.8 Å². The SMILES string of the molecule is CCCCCCCCCCCCCOC(=O)CCSCCC(C(=O)NCCCN1CCOCC1)C(=O)OCC(CCCCCC)CCCCCCCC. The minimum absolute atomic E-state index is 0.158. The summed E-state index contributed by atoms with van der Waals surface area (Å²) in [6.45, 7) is 12.4. The summed E-state index contributed by atoms with van der Waals surface area (Å²) in [4.78, 5) is 41.5. The fourth-order valence-corrected chi connectivity index (χ4v) is 7.90. The molecule has 1 aliphatic rings. The van der Waals surface area contributed by atoms with Crippen LogP contribution in [0.4, 0.5) is 0 Å². The summed E-state index contributed by atoms with van der Waals surface area (Å²) in [6, 6.07) is 0. The van der Waals surface area contributed by atoms with E-state index in [2.05, 4.69) is 31.0 Å². The Kier molecular flexibility index (Phi) is 35.3. The Morgan fingerprint density at radius 2 is 1.17 bits per heavy atom. The maximum Gasteiger partial charge on any atom is 0.318 e. The van der Waals surface area contributed by atoms with Crippen molar-refractivity contribution in [3.63, 3.8) is 0 Å². The first-order valence-electron chi connectivity index (χ1n) is 22.5. The lowest BCUT2D eigenvalue weighted by atomic mass is 9.95. The Morgan fingerprint density at radius 1 is 0.642 bits per heavy atom. The number of esters is 2. The number of hydrogen-bond donors (Lipinski definition) is 1. The van der Waals surface area contributed by atoms with E-state index < -0.39 is 11.9 Å². The molecular weight excluding hydrogens is 685 g/mol. The normalized spacial score (nSPS) is 14.5. The van der Waals surface area contributed by atoms with Gasteiger partial charge in [0.1, 0.15) is 5.92 Å². The molecule has 1 aliphatic heterocycles. The zero-order chi connectivity index (χ0) is 38.5. The molecule has 0 aromatic rings. The van der Waals surface area contributed by atoms with E-state index >= 15 is 0 Å². The van der Waals surface area contributed by atoms with Gasteiger partial charge < -0.3 is 19.5 Å². The summed E-state index contributed by atoms with van der Waals surface area (Å²) < 4.78 is 16.9. The number of thioether (sulfide) groups is 1. The van der Waals surface area contributed by atoms with Gasteiger partial charge in [-0.25, -0.2) is 0 Å². The molecule has 1 rings (SSSR count). The van der Waals surface area contributed by atoms with Crippen LogP contribution in [0.2, 0.25) is 0 Å². The number of carbonyl (C=O) groups excluding carboxylic acids is 3. The summed E-state index contributed by atoms with van der Waals surface area (Å²) >= 11 is 1.60. The van der Waals surface area contributed by atoms with E-state index in [1.807, 2.05) is 0 Å². The first-order valence-corrected chi connectivity index (χ1v) is 23.6. The Labute approximate surface area is 331 Å². The van der Waals surface area contributed by atoms with E-state index in [-0.39, 0.29) is 11.9 Å². The van der Waals surface area contributed by atoms with Crippen molar-refractivity contribution in [3.8, 4) is 0 Å². The van der Waals surface area contributed by atoms with Crippen LogP contribution >= 0.6 is 11.8 Å². The lowest BCUT2D eigenvalue weighted by Gasteiger charge is -2.26. The Hall–Kier alpha value is -1.32. The van der Waals surface area contributed by atoms with Gasteiger partial charge in [-0.05, 0) is 50.3 Å². The van der Waals surface area contributed by atoms with Crippen LogP contribution in [-0.4, -0.2) is 86.9 Å². The van der Waals surface area contributed by atoms with Crippen LogP contribution in [0, 0.1) is 11.8 Å². The zero-order valence-corrected chi connectivity index (χ0v) is 35.7. The van der Waals surface area contributed by atoms with E-state index in [1.165, 1.54) is 116 Å². The number of unbranched alkanes of at least 4 members (excludes halogenated alkanes) is 18. The number of hydrogen-bond acceptors (Lipinski definition) is 8. The van der Waals surface area contributed by atoms with Crippen LogP contribution in [0.15, 0.2) is 0 Å². The van der Waals surface area contributed by atoms with Gasteiger partial charge >= 0.3 is 11.9 Å². The second-order valence-electron chi connectivity index (χ2n) is 15.5. The van der Waals surface area contributed by atoms with Gasteiger partial charge in [0.2, 0.25) is 5.91 Å². The second-order valence-corrected chi connectivity index (χ2v) is 16.7. The highest BCUT2D eigenvalue weighted by molar-refractivity contribution is 7.99. The molecule has 0 radical (unpaired) electrons. The van der Waals surface area contributed by atoms with Gasteiger partial charge in [0.15, 0.2) is 0 Å². The van der Waals surface area contributed by atoms with Gasteiger partial charge in [0, 0.05) is 25.4 Å². The van der Waals surface area contributed by atoms with Crippen molar-refractivity contribution in [2.75, 3.05) is 64.1 Å². The molecule has 0 bridgehead atoms. The maximum absolute atomic E-state index is 13.5. The third kappa shape index (κ3) is 30.6. The molecule has 312 valence electrons. The van der Waals surface area contributed by atoms with E-state index in [9.17, 15) is 14.4 Å². The third-order valence-electron chi connectivity index (χ3n) is 10.6. The van der Waals surface area contributed by atoms with Crippen molar-refractivity contribution in [3.05, 3.63) is 0 Å². The van der Waals surface area contributed by atoms with Crippen molar-refractivity contribution in [2.24, 2.45) is 11.8 Å². The Bertz CT molecular complexity index is 856. The van der Waals surface area contributed by atoms with Crippen molar-refractivity contribution >= 4 is 29.6 Å². The summed E-state index contributed by atoms with van der Waals surface area (Å²) in [5.41, 5.74) is 0. The predicted octanol–water partition coefficient (Wildman–Crippen LogP) is 10.7. The molecule has 0 spiro atoms. The summed E-state index contributed by atoms with van der Waals surface area (Å²) in [6.07, 6.45) is 30.1. The quantitative estimate of drug-likeness (QED) is 0.0377. The molecule has 2 unspecified atom stereocenters. The highest BCUT2D eigenvalue weighted by atomic mass is 32.2. The number of amides is 1. The molecule has 1 amide bonds. The zero-order valence-electron chi connectivity index (χ0n) is 34.9. The largest absolute Gasteiger partial charge is 0.466 e. The Balaban J connectivity index is 2.46. The number of nitrogens with zero attached hydrogens (tertiary/aromatic N) is 1. The molecule has 8 nitrogen and oxygen atoms in total. The molecule has 1 N–H and O–H groups in total. The van der Waals surface area contributed by atoms with Gasteiger partial charge in [0.05, 0.1) is 32.8 Å². The van der Waals surface area contributed by atoms with Crippen LogP contribution in [0.1, 0.15) is 188 Å². The van der Waals surface area contributed by atoms with Crippen molar-refractivity contribution in [2.45, 2.75) is 188 Å². The fourth-order valence-electron chi connectivity index (χ4n) is 6.99. The van der Waals surface area contributed by atoms with Gasteiger partial charge in [-0.15, -0.1) is 0 Å². The van der Waals surface area contributed by atoms with E-state index in [0.717, 1.165) is 71.4 Å². The monoisotopic (exact) mass is 769 g/mol. The molecular formula is C44H84N2O6S. The van der Waals surface area contributed by atoms with Crippen LogP contribution in [0.5, 0.6) is 0 Å². The molecule has 0 aliphatic carbocycles. The van der Waals surface area contributed by atoms with Gasteiger partial charge in [-0.1, -0.05) is 149 Å². The van der Waals surface area contributed by atoms with Crippen LogP contribution in [0.3, 0.4) is 0 Å². The average molecular weight is 769 g/mol. The number of ether oxygens (including phenoxy) is 3. The van der Waals surface area contributed by atoms with Crippen molar-refractivity contribution < 1.29 is 28.6 Å². The predicted molar refractivity (Wildman–Crippen MR) is 224 cm³/mol. The molecule has 0 saturated carbocycles. The third-order valence-corrected chi connectivity index (χ3v) is 11.6. The highest BCUT2D eigenvalue weighted by Gasteiger charge is 2.28. The first kappa shape index (κ1) is 49.7. The standard InChI is InChI=1S/C44H84N2O6S/c1-4-7-10-13-15-16-17-18-19-21-24-34-51-42(47)29-38-53-37-28-41(43(48)45-30-25-31-46-32-35-50-36-33-46)44(49)52-39-40(26-22-12-9-6-3)27-23-20-14-11-8-5-2/h40-41H,4-39H2,1-3H3,(H,45,48). The number of morpholine rings is 1. The molecule has 0 aromatic heterocycles. The number of nitrogens with one attached hydrogen (secondary N) is 1. The van der Waals surface area contributed by atoms with Crippen LogP contribution < -0.4 is 5.32 Å². The molecule has 2 atom stereocenters. The molecule has 9 heteroatoms. The Morgan fingerprint density at radius 3 is 1.75 bits per heavy atom. The lowest BCUT2D eigenvalue weighted by Crippen LogP contribution is -2.40. The van der Waals surface area contributed by atoms with E-state index in [4.69, 9.17) is 14.2 Å². The molecule has 1 heterocycles. The highest BCUT2D eigenvalue weighted by Crippen LogP contribution is 2.21. The van der Waals surface area contributed by atoms with Gasteiger partial charge in [0.25, 0.3) is 0 Å². The second kappa shape index (κ2) is 37.6. The van der Waals surface area contributed by atoms with Crippen molar-refractivity contribution in [1.29, 1.82) is 0 Å². The molecule has 1 fully saturated rings. The van der Waals surface area contributed by atoms with E-state index in [0.29, 0.717) is 50.0 Å².